The molecule has 2 aromatic heterocycles. The minimum Gasteiger partial charge on any atom is -0.338 e. The molecule has 1 aliphatic carbocycles. The fourth-order valence-corrected chi connectivity index (χ4v) is 5.76. The standard InChI is InChI=1S/C35H43N3O2/c1-7-33(39)37(6)23-26(5)20-30(17-14-24(2)3)38-34(40)19-16-29-22-36-32-18-15-28(21-31(32)35(29)38)27-12-8-10-25(4)11-9-13-27/h7,14-22,24-25,27H,1,5,8-13,23H2,2-4,6H3/b17-14-,30-20+. The summed E-state index contributed by atoms with van der Waals surface area (Å²) in [6.45, 7) is 14.7. The summed E-state index contributed by atoms with van der Waals surface area (Å²) in [4.78, 5) is 32.0. The summed E-state index contributed by atoms with van der Waals surface area (Å²) in [5.41, 5.74) is 4.36. The molecule has 1 amide bonds. The topological polar surface area (TPSA) is 55.2 Å². The number of rotatable bonds is 8. The number of allylic oxidation sites excluding steroid dienone is 3. The van der Waals surface area contributed by atoms with Crippen LogP contribution in [-0.2, 0) is 4.79 Å². The van der Waals surface area contributed by atoms with E-state index in [-0.39, 0.29) is 11.5 Å². The Morgan fingerprint density at radius 2 is 1.88 bits per heavy atom. The summed E-state index contributed by atoms with van der Waals surface area (Å²) in [7, 11) is 1.72. The maximum atomic E-state index is 13.6. The smallest absolute Gasteiger partial charge is 0.255 e. The van der Waals surface area contributed by atoms with Gasteiger partial charge in [0, 0.05) is 42.3 Å². The van der Waals surface area contributed by atoms with Gasteiger partial charge in [-0.2, -0.15) is 0 Å². The van der Waals surface area contributed by atoms with Crippen molar-refractivity contribution in [1.82, 2.24) is 14.5 Å². The predicted molar refractivity (Wildman–Crippen MR) is 168 cm³/mol. The second-order valence-corrected chi connectivity index (χ2v) is 11.7. The van der Waals surface area contributed by atoms with Crippen LogP contribution in [0, 0.1) is 11.8 Å². The highest BCUT2D eigenvalue weighted by Crippen LogP contribution is 2.35. The van der Waals surface area contributed by atoms with Gasteiger partial charge in [0.05, 0.1) is 11.0 Å². The molecule has 2 heterocycles. The molecule has 0 N–H and O–H groups in total. The van der Waals surface area contributed by atoms with Crippen molar-refractivity contribution in [2.75, 3.05) is 13.6 Å². The summed E-state index contributed by atoms with van der Waals surface area (Å²) in [5.74, 6) is 1.45. The minimum atomic E-state index is -0.176. The van der Waals surface area contributed by atoms with Gasteiger partial charge in [0.15, 0.2) is 0 Å². The van der Waals surface area contributed by atoms with Crippen LogP contribution < -0.4 is 5.56 Å². The Morgan fingerprint density at radius 1 is 1.15 bits per heavy atom. The maximum absolute atomic E-state index is 13.6. The molecule has 1 fully saturated rings. The Kier molecular flexibility index (Phi) is 9.57. The molecule has 1 aromatic carbocycles. The van der Waals surface area contributed by atoms with Crippen molar-refractivity contribution in [3.63, 3.8) is 0 Å². The van der Waals surface area contributed by atoms with Crippen molar-refractivity contribution in [3.8, 4) is 0 Å². The highest BCUT2D eigenvalue weighted by molar-refractivity contribution is 6.05. The number of likely N-dealkylation sites (N-methyl/N-ethyl adjacent to an activating group) is 1. The number of hydrogen-bond donors (Lipinski definition) is 0. The average molecular weight is 538 g/mol. The van der Waals surface area contributed by atoms with E-state index < -0.39 is 0 Å². The third-order valence-electron chi connectivity index (χ3n) is 7.96. The van der Waals surface area contributed by atoms with E-state index in [1.165, 1.54) is 50.2 Å². The van der Waals surface area contributed by atoms with Gasteiger partial charge in [0.2, 0.25) is 5.91 Å². The third kappa shape index (κ3) is 6.88. The number of fused-ring (bicyclic) bond motifs is 3. The number of aromatic nitrogens is 2. The number of carbonyl (C=O) groups is 1. The highest BCUT2D eigenvalue weighted by atomic mass is 16.2. The molecule has 210 valence electrons. The molecule has 3 aromatic rings. The largest absolute Gasteiger partial charge is 0.338 e. The van der Waals surface area contributed by atoms with Gasteiger partial charge in [-0.15, -0.1) is 0 Å². The molecule has 5 nitrogen and oxygen atoms in total. The molecule has 0 radical (unpaired) electrons. The summed E-state index contributed by atoms with van der Waals surface area (Å²) in [6, 6.07) is 10.1. The number of pyridine rings is 2. The second-order valence-electron chi connectivity index (χ2n) is 11.7. The van der Waals surface area contributed by atoms with E-state index in [1.807, 2.05) is 24.4 Å². The minimum absolute atomic E-state index is 0.117. The Labute approximate surface area is 238 Å². The lowest BCUT2D eigenvalue weighted by molar-refractivity contribution is -0.124. The monoisotopic (exact) mass is 537 g/mol. The van der Waals surface area contributed by atoms with Gasteiger partial charge < -0.3 is 4.90 Å². The van der Waals surface area contributed by atoms with Gasteiger partial charge >= 0.3 is 0 Å². The first-order chi connectivity index (χ1) is 19.2. The van der Waals surface area contributed by atoms with Crippen LogP contribution in [0.5, 0.6) is 0 Å². The fraction of sp³-hybridized carbons (Fsp3) is 0.400. The summed E-state index contributed by atoms with van der Waals surface area (Å²) < 4.78 is 1.78. The molecule has 0 atom stereocenters. The summed E-state index contributed by atoms with van der Waals surface area (Å²) in [6.07, 6.45) is 16.6. The Balaban J connectivity index is 1.88. The van der Waals surface area contributed by atoms with E-state index in [4.69, 9.17) is 4.98 Å². The molecule has 1 aliphatic rings. The lowest BCUT2D eigenvalue weighted by Crippen LogP contribution is -2.26. The molecule has 40 heavy (non-hydrogen) atoms. The molecule has 0 spiro atoms. The van der Waals surface area contributed by atoms with Crippen molar-refractivity contribution in [2.24, 2.45) is 11.8 Å². The van der Waals surface area contributed by atoms with E-state index >= 15 is 0 Å². The lowest BCUT2D eigenvalue weighted by atomic mass is 9.82. The molecule has 0 saturated heterocycles. The first-order valence-corrected chi connectivity index (χ1v) is 14.6. The van der Waals surface area contributed by atoms with Gasteiger partial charge in [-0.1, -0.05) is 71.8 Å². The molecule has 0 aliphatic heterocycles. The lowest BCUT2D eigenvalue weighted by Gasteiger charge is -2.23. The van der Waals surface area contributed by atoms with Crippen LogP contribution in [0.1, 0.15) is 70.8 Å². The molecule has 0 unspecified atom stereocenters. The number of carbonyl (C=O) groups excluding carboxylic acids is 1. The van der Waals surface area contributed by atoms with Crippen LogP contribution >= 0.6 is 0 Å². The quantitative estimate of drug-likeness (QED) is 0.167. The number of benzene rings is 1. The highest BCUT2D eigenvalue weighted by Gasteiger charge is 2.18. The van der Waals surface area contributed by atoms with Crippen LogP contribution in [0.3, 0.4) is 0 Å². The zero-order chi connectivity index (χ0) is 28.8. The molecular weight excluding hydrogens is 494 g/mol. The van der Waals surface area contributed by atoms with Crippen LogP contribution in [0.15, 0.2) is 84.4 Å². The second kappa shape index (κ2) is 13.1. The fourth-order valence-electron chi connectivity index (χ4n) is 5.76. The van der Waals surface area contributed by atoms with Crippen molar-refractivity contribution in [3.05, 3.63) is 95.5 Å². The van der Waals surface area contributed by atoms with E-state index in [0.717, 1.165) is 27.7 Å². The van der Waals surface area contributed by atoms with Gasteiger partial charge in [-0.05, 0) is 78.2 Å². The first kappa shape index (κ1) is 29.3. The molecule has 4 rings (SSSR count). The SMILES string of the molecule is C=CC(=O)N(C)CC(=C)/C=C(\C=C/C(C)C)n1c(=O)ccc2cnc3ccc(C4CCCC(C)CCC4)cc3c21. The molecule has 5 heteroatoms. The van der Waals surface area contributed by atoms with Crippen molar-refractivity contribution >= 4 is 33.4 Å². The molecular formula is C35H43N3O2. The van der Waals surface area contributed by atoms with Crippen LogP contribution in [0.2, 0.25) is 0 Å². The van der Waals surface area contributed by atoms with Gasteiger partial charge in [0.25, 0.3) is 5.56 Å². The Morgan fingerprint density at radius 3 is 2.55 bits per heavy atom. The van der Waals surface area contributed by atoms with E-state index in [9.17, 15) is 9.59 Å². The summed E-state index contributed by atoms with van der Waals surface area (Å²) in [5, 5.41) is 1.89. The Hall–Kier alpha value is -3.73. The van der Waals surface area contributed by atoms with Crippen molar-refractivity contribution in [2.45, 2.75) is 65.2 Å². The van der Waals surface area contributed by atoms with Crippen molar-refractivity contribution in [1.29, 1.82) is 0 Å². The number of amides is 1. The molecule has 1 saturated carbocycles. The average Bonchev–Trinajstić information content (AvgIpc) is 2.92. The normalized spacial score (nSPS) is 18.7. The van der Waals surface area contributed by atoms with Gasteiger partial charge in [0.1, 0.15) is 0 Å². The predicted octanol–water partition coefficient (Wildman–Crippen LogP) is 7.88. The zero-order valence-electron chi connectivity index (χ0n) is 24.5. The van der Waals surface area contributed by atoms with Crippen LogP contribution in [0.4, 0.5) is 0 Å². The number of hydrogen-bond acceptors (Lipinski definition) is 3. The van der Waals surface area contributed by atoms with Crippen molar-refractivity contribution < 1.29 is 4.79 Å². The van der Waals surface area contributed by atoms with E-state index in [1.54, 1.807) is 22.6 Å². The van der Waals surface area contributed by atoms with Crippen LogP contribution in [-0.4, -0.2) is 34.0 Å². The van der Waals surface area contributed by atoms with E-state index in [0.29, 0.717) is 29.7 Å². The third-order valence-corrected chi connectivity index (χ3v) is 7.96. The van der Waals surface area contributed by atoms with Gasteiger partial charge in [-0.25, -0.2) is 0 Å². The number of nitrogens with zero attached hydrogens (tertiary/aromatic N) is 3. The summed E-state index contributed by atoms with van der Waals surface area (Å²) >= 11 is 0. The Bertz CT molecular complexity index is 1510. The first-order valence-electron chi connectivity index (χ1n) is 14.6. The van der Waals surface area contributed by atoms with Crippen LogP contribution in [0.25, 0.3) is 27.5 Å². The van der Waals surface area contributed by atoms with E-state index in [2.05, 4.69) is 58.2 Å². The molecule has 0 bridgehead atoms. The maximum Gasteiger partial charge on any atom is 0.255 e. The zero-order valence-corrected chi connectivity index (χ0v) is 24.5. The van der Waals surface area contributed by atoms with Gasteiger partial charge in [-0.3, -0.25) is 19.1 Å².